The zero-order valence-corrected chi connectivity index (χ0v) is 26.1. The van der Waals surface area contributed by atoms with Crippen molar-refractivity contribution in [2.75, 3.05) is 0 Å². The molecule has 0 aromatic heterocycles. The molecule has 0 amide bonds. The van der Waals surface area contributed by atoms with Crippen LogP contribution >= 0.6 is 7.06 Å². The number of hydrogen-bond acceptors (Lipinski definition) is 2. The molecule has 0 heterocycles. The van der Waals surface area contributed by atoms with Crippen LogP contribution in [0.1, 0.15) is 105 Å². The van der Waals surface area contributed by atoms with Crippen molar-refractivity contribution in [3.05, 3.63) is 89.0 Å². The van der Waals surface area contributed by atoms with E-state index >= 15 is 0 Å². The van der Waals surface area contributed by atoms with Crippen LogP contribution in [0.4, 0.5) is 0 Å². The Hall–Kier alpha value is -1.99. The zero-order chi connectivity index (χ0) is 28.3. The van der Waals surface area contributed by atoms with Crippen LogP contribution in [0.15, 0.2) is 66.7 Å². The third-order valence-corrected chi connectivity index (χ3v) is 11.3. The number of rotatable bonds is 3. The van der Waals surface area contributed by atoms with E-state index in [2.05, 4.69) is 119 Å². The van der Waals surface area contributed by atoms with Crippen LogP contribution in [0, 0.1) is 0 Å². The van der Waals surface area contributed by atoms with E-state index in [0.29, 0.717) is 15.9 Å². The Bertz CT molecular complexity index is 1130. The van der Waals surface area contributed by atoms with Gasteiger partial charge in [-0.15, -0.1) is 0 Å². The first-order valence-electron chi connectivity index (χ1n) is 13.5. The van der Waals surface area contributed by atoms with E-state index in [1.165, 1.54) is 0 Å². The number of hydrogen-bond donors (Lipinski definition) is 2. The summed E-state index contributed by atoms with van der Waals surface area (Å²) in [6.07, 6.45) is 0. The van der Waals surface area contributed by atoms with Crippen molar-refractivity contribution < 1.29 is 9.79 Å². The van der Waals surface area contributed by atoms with Crippen LogP contribution in [-0.2, 0) is 21.7 Å². The third-order valence-electron chi connectivity index (χ3n) is 7.40. The average Bonchev–Trinajstić information content (AvgIpc) is 2.76. The van der Waals surface area contributed by atoms with E-state index < -0.39 is 7.06 Å². The Morgan fingerprint density at radius 3 is 0.919 bits per heavy atom. The third kappa shape index (κ3) is 5.18. The monoisotopic (exact) mass is 520 g/mol. The average molecular weight is 521 g/mol. The van der Waals surface area contributed by atoms with Crippen molar-refractivity contribution in [1.29, 1.82) is 0 Å². The van der Waals surface area contributed by atoms with Gasteiger partial charge in [0.1, 0.15) is 0 Å². The van der Waals surface area contributed by atoms with Crippen molar-refractivity contribution in [3.63, 3.8) is 0 Å². The summed E-state index contributed by atoms with van der Waals surface area (Å²) in [5, 5.41) is 1.97. The summed E-state index contributed by atoms with van der Waals surface area (Å²) >= 11 is 0. The first kappa shape index (κ1) is 29.6. The Balaban J connectivity index is 2.82. The van der Waals surface area contributed by atoms with E-state index in [9.17, 15) is 9.79 Å². The number of benzene rings is 3. The molecule has 0 bridgehead atoms. The molecule has 0 aliphatic heterocycles. The first-order chi connectivity index (χ1) is 16.6. The molecular weight excluding hydrogens is 471 g/mol. The summed E-state index contributed by atoms with van der Waals surface area (Å²) in [6.45, 7) is 26.0. The van der Waals surface area contributed by atoms with Crippen LogP contribution in [0.3, 0.4) is 0 Å². The van der Waals surface area contributed by atoms with E-state index in [1.54, 1.807) is 0 Å². The normalized spacial score (nSPS) is 14.8. The summed E-state index contributed by atoms with van der Waals surface area (Å²) in [7, 11) is -5.03. The SMILES string of the molecule is CC(C)(C)c1cccc(C(C)(C)C)c1P(O)(O)(c1ccccc1)c1c(C(C)(C)C)cccc1C(C)(C)C. The van der Waals surface area contributed by atoms with E-state index in [4.69, 9.17) is 0 Å². The summed E-state index contributed by atoms with van der Waals surface area (Å²) in [6, 6.07) is 22.2. The summed E-state index contributed by atoms with van der Waals surface area (Å²) in [5.74, 6) is 0. The molecule has 0 radical (unpaired) electrons. The Labute approximate surface area is 226 Å². The molecular formula is C34H49O2P. The molecule has 0 spiro atoms. The minimum absolute atomic E-state index is 0.307. The van der Waals surface area contributed by atoms with E-state index in [-0.39, 0.29) is 21.7 Å². The van der Waals surface area contributed by atoms with Gasteiger partial charge < -0.3 is 0 Å². The Morgan fingerprint density at radius 2 is 0.676 bits per heavy atom. The summed E-state index contributed by atoms with van der Waals surface area (Å²) in [5.41, 5.74) is 2.70. The molecule has 0 fully saturated rings. The topological polar surface area (TPSA) is 40.5 Å². The molecule has 0 aliphatic carbocycles. The summed E-state index contributed by atoms with van der Waals surface area (Å²) in [4.78, 5) is 27.5. The van der Waals surface area contributed by atoms with Gasteiger partial charge >= 0.3 is 226 Å². The van der Waals surface area contributed by atoms with Gasteiger partial charge in [0.2, 0.25) is 0 Å². The Morgan fingerprint density at radius 1 is 0.405 bits per heavy atom. The van der Waals surface area contributed by atoms with Gasteiger partial charge in [-0.3, -0.25) is 0 Å². The zero-order valence-electron chi connectivity index (χ0n) is 25.2. The molecule has 0 unspecified atom stereocenters. The molecule has 3 rings (SSSR count). The first-order valence-corrected chi connectivity index (χ1v) is 15.6. The van der Waals surface area contributed by atoms with Gasteiger partial charge in [0.15, 0.2) is 0 Å². The maximum atomic E-state index is 13.8. The molecule has 202 valence electrons. The molecule has 37 heavy (non-hydrogen) atoms. The van der Waals surface area contributed by atoms with Gasteiger partial charge in [0.25, 0.3) is 0 Å². The van der Waals surface area contributed by atoms with Gasteiger partial charge in [-0.1, -0.05) is 0 Å². The van der Waals surface area contributed by atoms with Gasteiger partial charge in [-0.05, 0) is 0 Å². The van der Waals surface area contributed by atoms with Crippen LogP contribution < -0.4 is 15.9 Å². The van der Waals surface area contributed by atoms with Crippen molar-refractivity contribution in [2.24, 2.45) is 0 Å². The van der Waals surface area contributed by atoms with E-state index in [1.807, 2.05) is 30.3 Å². The fourth-order valence-electron chi connectivity index (χ4n) is 5.50. The summed E-state index contributed by atoms with van der Waals surface area (Å²) < 4.78 is 0. The fraction of sp³-hybridized carbons (Fsp3) is 0.471. The Kier molecular flexibility index (Phi) is 7.23. The van der Waals surface area contributed by atoms with Crippen LogP contribution in [0.2, 0.25) is 0 Å². The van der Waals surface area contributed by atoms with Gasteiger partial charge in [-0.25, -0.2) is 0 Å². The van der Waals surface area contributed by atoms with Crippen molar-refractivity contribution in [2.45, 2.75) is 105 Å². The standard InChI is InChI=1S/C34H49O2P/c1-31(2,3)25-20-16-21-26(32(4,5)6)29(25)37(35,36,24-18-14-13-15-19-24)30-27(33(7,8)9)22-17-23-28(30)34(10,11)12/h13-23,35-36H,1-12H3. The van der Waals surface area contributed by atoms with Crippen molar-refractivity contribution in [1.82, 2.24) is 0 Å². The predicted molar refractivity (Wildman–Crippen MR) is 164 cm³/mol. The second kappa shape index (κ2) is 9.04. The molecule has 3 heteroatoms. The molecule has 0 aliphatic rings. The molecule has 0 saturated heterocycles. The predicted octanol–water partition coefficient (Wildman–Crippen LogP) is 7.52. The second-order valence-corrected chi connectivity index (χ2v) is 18.2. The van der Waals surface area contributed by atoms with E-state index in [0.717, 1.165) is 22.3 Å². The minimum atomic E-state index is -5.03. The molecule has 3 aromatic rings. The van der Waals surface area contributed by atoms with Crippen LogP contribution in [0.25, 0.3) is 0 Å². The quantitative estimate of drug-likeness (QED) is 0.351. The van der Waals surface area contributed by atoms with Gasteiger partial charge in [-0.2, -0.15) is 0 Å². The van der Waals surface area contributed by atoms with Gasteiger partial charge in [0, 0.05) is 0 Å². The molecule has 0 saturated carbocycles. The van der Waals surface area contributed by atoms with Crippen molar-refractivity contribution >= 4 is 23.0 Å². The molecule has 0 atom stereocenters. The van der Waals surface area contributed by atoms with Crippen LogP contribution in [0.5, 0.6) is 0 Å². The van der Waals surface area contributed by atoms with Crippen LogP contribution in [-0.4, -0.2) is 9.79 Å². The van der Waals surface area contributed by atoms with Gasteiger partial charge in [0.05, 0.1) is 0 Å². The second-order valence-electron chi connectivity index (χ2n) is 14.8. The molecule has 3 aromatic carbocycles. The maximum absolute atomic E-state index is 13.8. The van der Waals surface area contributed by atoms with Crippen molar-refractivity contribution in [3.8, 4) is 0 Å². The molecule has 2 nitrogen and oxygen atoms in total. The fourth-order valence-corrected chi connectivity index (χ4v) is 10.4. The molecule has 2 N–H and O–H groups in total.